The lowest BCUT2D eigenvalue weighted by atomic mass is 9.98. The van der Waals surface area contributed by atoms with Crippen LogP contribution in [0.5, 0.6) is 0 Å². The third-order valence-electron chi connectivity index (χ3n) is 4.03. The molecule has 1 heterocycles. The molecule has 0 bridgehead atoms. The van der Waals surface area contributed by atoms with Crippen molar-refractivity contribution in [3.63, 3.8) is 0 Å². The highest BCUT2D eigenvalue weighted by Gasteiger charge is 2.21. The normalized spacial score (nSPS) is 13.7. The number of aliphatic hydroxyl groups excluding tert-OH is 1. The molecule has 0 aliphatic carbocycles. The van der Waals surface area contributed by atoms with Gasteiger partial charge in [-0.05, 0) is 51.7 Å². The number of hydrogen-bond donors (Lipinski definition) is 2. The van der Waals surface area contributed by atoms with E-state index in [9.17, 15) is 9.90 Å². The number of aryl methyl sites for hydroxylation is 1. The van der Waals surface area contributed by atoms with E-state index in [4.69, 9.17) is 4.74 Å². The number of thiazole rings is 1. The molecule has 1 unspecified atom stereocenters. The van der Waals surface area contributed by atoms with Gasteiger partial charge in [-0.2, -0.15) is 0 Å². The van der Waals surface area contributed by atoms with Crippen LogP contribution in [0.3, 0.4) is 0 Å². The average Bonchev–Trinajstić information content (AvgIpc) is 3.02. The quantitative estimate of drug-likeness (QED) is 0.654. The predicted molar refractivity (Wildman–Crippen MR) is 110 cm³/mol. The summed E-state index contributed by atoms with van der Waals surface area (Å²) in [7, 11) is 0. The second kappa shape index (κ2) is 9.15. The van der Waals surface area contributed by atoms with Crippen LogP contribution in [0.15, 0.2) is 42.4 Å². The van der Waals surface area contributed by atoms with Crippen LogP contribution >= 0.6 is 11.3 Å². The number of amides is 1. The van der Waals surface area contributed by atoms with Crippen LogP contribution in [0.4, 0.5) is 4.79 Å². The molecule has 0 fully saturated rings. The third-order valence-corrected chi connectivity index (χ3v) is 5.01. The summed E-state index contributed by atoms with van der Waals surface area (Å²) < 4.78 is 5.38. The molecular weight excluding hydrogens is 360 g/mol. The molecule has 1 amide bonds. The molecule has 0 saturated carbocycles. The summed E-state index contributed by atoms with van der Waals surface area (Å²) in [6.45, 7) is 11.1. The Bertz CT molecular complexity index is 762. The minimum absolute atomic E-state index is 0.258. The van der Waals surface area contributed by atoms with Crippen molar-refractivity contribution in [3.8, 4) is 10.4 Å². The summed E-state index contributed by atoms with van der Waals surface area (Å²) in [6, 6.07) is 7.80. The highest BCUT2D eigenvalue weighted by molar-refractivity contribution is 7.13. The van der Waals surface area contributed by atoms with E-state index >= 15 is 0 Å². The first kappa shape index (κ1) is 21.1. The summed E-state index contributed by atoms with van der Waals surface area (Å²) >= 11 is 1.61. The molecule has 0 spiro atoms. The maximum Gasteiger partial charge on any atom is 0.408 e. The van der Waals surface area contributed by atoms with Gasteiger partial charge in [-0.1, -0.05) is 30.3 Å². The zero-order chi connectivity index (χ0) is 20.0. The molecule has 0 radical (unpaired) electrons. The fourth-order valence-corrected chi connectivity index (χ4v) is 3.48. The lowest BCUT2D eigenvalue weighted by Crippen LogP contribution is -2.35. The van der Waals surface area contributed by atoms with Gasteiger partial charge < -0.3 is 15.2 Å². The summed E-state index contributed by atoms with van der Waals surface area (Å²) in [5.41, 5.74) is 4.33. The maximum absolute atomic E-state index is 12.2. The van der Waals surface area contributed by atoms with Gasteiger partial charge in [0, 0.05) is 0 Å². The summed E-state index contributed by atoms with van der Waals surface area (Å²) in [5, 5.41) is 12.7. The second-order valence-corrected chi connectivity index (χ2v) is 8.32. The zero-order valence-corrected chi connectivity index (χ0v) is 17.2. The number of nitrogens with one attached hydrogen (secondary N) is 1. The lowest BCUT2D eigenvalue weighted by Gasteiger charge is -2.24. The van der Waals surface area contributed by atoms with Crippen LogP contribution in [0, 0.1) is 6.92 Å². The van der Waals surface area contributed by atoms with Gasteiger partial charge in [0.2, 0.25) is 0 Å². The number of carbonyl (C=O) groups excluding carboxylic acids is 1. The Balaban J connectivity index is 2.17. The van der Waals surface area contributed by atoms with Crippen molar-refractivity contribution in [2.75, 3.05) is 0 Å². The predicted octanol–water partition coefficient (Wildman–Crippen LogP) is 5.01. The lowest BCUT2D eigenvalue weighted by molar-refractivity contribution is 0.0496. The molecular formula is C21H28N2O3S. The standard InChI is InChI=1S/C21H28N2O3S/c1-6-17(24)11-12-18(23-20(25)26-21(3,4)5)15-7-9-16(10-8-15)19-14(2)22-13-27-19/h6-10,13,17-18,24H,1,11-12H2,2-5H3,(H,23,25)/t17?,18-/m0/s1. The molecule has 0 saturated heterocycles. The first-order chi connectivity index (χ1) is 12.7. The van der Waals surface area contributed by atoms with E-state index < -0.39 is 17.8 Å². The Morgan fingerprint density at radius 3 is 2.52 bits per heavy atom. The first-order valence-electron chi connectivity index (χ1n) is 9.00. The second-order valence-electron chi connectivity index (χ2n) is 7.47. The number of rotatable bonds is 7. The van der Waals surface area contributed by atoms with Crippen LogP contribution in [0.1, 0.15) is 50.9 Å². The van der Waals surface area contributed by atoms with Crippen molar-refractivity contribution in [1.82, 2.24) is 10.3 Å². The van der Waals surface area contributed by atoms with Gasteiger partial charge in [0.05, 0.1) is 28.2 Å². The van der Waals surface area contributed by atoms with E-state index in [0.29, 0.717) is 12.8 Å². The van der Waals surface area contributed by atoms with Gasteiger partial charge in [0.15, 0.2) is 0 Å². The summed E-state index contributed by atoms with van der Waals surface area (Å²) in [5.74, 6) is 0. The van der Waals surface area contributed by atoms with Crippen molar-refractivity contribution >= 4 is 17.4 Å². The van der Waals surface area contributed by atoms with Gasteiger partial charge in [-0.15, -0.1) is 17.9 Å². The van der Waals surface area contributed by atoms with Crippen LogP contribution < -0.4 is 5.32 Å². The summed E-state index contributed by atoms with van der Waals surface area (Å²) in [4.78, 5) is 17.7. The molecule has 1 aromatic heterocycles. The number of carbonyl (C=O) groups is 1. The van der Waals surface area contributed by atoms with Gasteiger partial charge in [-0.25, -0.2) is 9.78 Å². The monoisotopic (exact) mass is 388 g/mol. The van der Waals surface area contributed by atoms with E-state index in [-0.39, 0.29) is 6.04 Å². The molecule has 2 aromatic rings. The molecule has 27 heavy (non-hydrogen) atoms. The molecule has 0 aliphatic rings. The van der Waals surface area contributed by atoms with E-state index in [1.54, 1.807) is 11.3 Å². The number of aliphatic hydroxyl groups is 1. The van der Waals surface area contributed by atoms with Crippen LogP contribution in [0.25, 0.3) is 10.4 Å². The number of ether oxygens (including phenoxy) is 1. The Morgan fingerprint density at radius 2 is 2.00 bits per heavy atom. The maximum atomic E-state index is 12.2. The highest BCUT2D eigenvalue weighted by Crippen LogP contribution is 2.29. The largest absolute Gasteiger partial charge is 0.444 e. The zero-order valence-electron chi connectivity index (χ0n) is 16.4. The molecule has 0 aliphatic heterocycles. The third kappa shape index (κ3) is 6.48. The smallest absolute Gasteiger partial charge is 0.408 e. The van der Waals surface area contributed by atoms with Crippen molar-refractivity contribution < 1.29 is 14.6 Å². The van der Waals surface area contributed by atoms with Crippen LogP contribution in [0.2, 0.25) is 0 Å². The van der Waals surface area contributed by atoms with Crippen molar-refractivity contribution in [2.45, 2.75) is 58.3 Å². The first-order valence-corrected chi connectivity index (χ1v) is 9.88. The number of aromatic nitrogens is 1. The van der Waals surface area contributed by atoms with Crippen molar-refractivity contribution in [1.29, 1.82) is 0 Å². The molecule has 2 atom stereocenters. The van der Waals surface area contributed by atoms with Crippen LogP contribution in [-0.2, 0) is 4.74 Å². The van der Waals surface area contributed by atoms with Gasteiger partial charge in [-0.3, -0.25) is 0 Å². The van der Waals surface area contributed by atoms with Crippen molar-refractivity contribution in [3.05, 3.63) is 53.7 Å². The molecule has 5 nitrogen and oxygen atoms in total. The number of hydrogen-bond acceptors (Lipinski definition) is 5. The summed E-state index contributed by atoms with van der Waals surface area (Å²) in [6.07, 6.45) is 1.50. The van der Waals surface area contributed by atoms with Crippen LogP contribution in [-0.4, -0.2) is 27.9 Å². The van der Waals surface area contributed by atoms with E-state index in [1.807, 2.05) is 57.5 Å². The SMILES string of the molecule is C=CC(O)CC[C@H](NC(=O)OC(C)(C)C)c1ccc(-c2scnc2C)cc1. The van der Waals surface area contributed by atoms with E-state index in [1.165, 1.54) is 6.08 Å². The van der Waals surface area contributed by atoms with Crippen molar-refractivity contribution in [2.24, 2.45) is 0 Å². The molecule has 1 aromatic carbocycles. The minimum Gasteiger partial charge on any atom is -0.444 e. The Labute approximate surface area is 165 Å². The van der Waals surface area contributed by atoms with Gasteiger partial charge in [0.1, 0.15) is 5.60 Å². The van der Waals surface area contributed by atoms with Gasteiger partial charge >= 0.3 is 6.09 Å². The van der Waals surface area contributed by atoms with E-state index in [2.05, 4.69) is 16.9 Å². The average molecular weight is 389 g/mol. The molecule has 146 valence electrons. The Kier molecular flexibility index (Phi) is 7.16. The fraction of sp³-hybridized carbons (Fsp3) is 0.429. The number of nitrogens with zero attached hydrogens (tertiary/aromatic N) is 1. The fourth-order valence-electron chi connectivity index (χ4n) is 2.67. The molecule has 2 N–H and O–H groups in total. The number of alkyl carbamates (subject to hydrolysis) is 1. The van der Waals surface area contributed by atoms with E-state index in [0.717, 1.165) is 21.7 Å². The molecule has 2 rings (SSSR count). The number of benzene rings is 1. The Morgan fingerprint density at radius 1 is 1.33 bits per heavy atom. The Hall–Kier alpha value is -2.18. The molecule has 6 heteroatoms. The van der Waals surface area contributed by atoms with Gasteiger partial charge in [0.25, 0.3) is 0 Å². The topological polar surface area (TPSA) is 71.5 Å². The minimum atomic E-state index is -0.605. The highest BCUT2D eigenvalue weighted by atomic mass is 32.1.